The highest BCUT2D eigenvalue weighted by molar-refractivity contribution is 4.82. The van der Waals surface area contributed by atoms with Crippen molar-refractivity contribution in [3.63, 3.8) is 0 Å². The van der Waals surface area contributed by atoms with Gasteiger partial charge in [0.1, 0.15) is 0 Å². The molecule has 0 heterocycles. The molecule has 0 saturated heterocycles. The van der Waals surface area contributed by atoms with Crippen LogP contribution in [0.25, 0.3) is 0 Å². The van der Waals surface area contributed by atoms with Crippen LogP contribution in [0.15, 0.2) is 0 Å². The van der Waals surface area contributed by atoms with E-state index in [2.05, 4.69) is 26.1 Å². The van der Waals surface area contributed by atoms with E-state index in [0.29, 0.717) is 18.1 Å². The Labute approximate surface area is 82.3 Å². The van der Waals surface area contributed by atoms with Crippen LogP contribution in [0.2, 0.25) is 0 Å². The molecule has 0 spiro atoms. The van der Waals surface area contributed by atoms with E-state index >= 15 is 0 Å². The van der Waals surface area contributed by atoms with E-state index in [9.17, 15) is 0 Å². The van der Waals surface area contributed by atoms with Crippen molar-refractivity contribution in [3.05, 3.63) is 0 Å². The topological polar surface area (TPSA) is 38.0 Å². The van der Waals surface area contributed by atoms with E-state index in [1.165, 1.54) is 19.3 Å². The molecule has 3 atom stereocenters. The molecule has 78 valence electrons. The standard InChI is InChI=1S/C11H24N2/c1-8(2)9(3)13-11-6-4-5-10(12)7-11/h8-11,13H,4-7,12H2,1-3H3. The zero-order chi connectivity index (χ0) is 9.84. The van der Waals surface area contributed by atoms with Crippen LogP contribution in [0.1, 0.15) is 46.5 Å². The van der Waals surface area contributed by atoms with Crippen molar-refractivity contribution in [1.29, 1.82) is 0 Å². The molecule has 2 heteroatoms. The first-order valence-electron chi connectivity index (χ1n) is 5.61. The van der Waals surface area contributed by atoms with Crippen LogP contribution in [-0.2, 0) is 0 Å². The first-order chi connectivity index (χ1) is 6.09. The van der Waals surface area contributed by atoms with Gasteiger partial charge in [0.2, 0.25) is 0 Å². The molecule has 1 saturated carbocycles. The van der Waals surface area contributed by atoms with Crippen LogP contribution in [0.3, 0.4) is 0 Å². The Bertz CT molecular complexity index is 145. The zero-order valence-corrected chi connectivity index (χ0v) is 9.22. The van der Waals surface area contributed by atoms with Gasteiger partial charge in [0.15, 0.2) is 0 Å². The van der Waals surface area contributed by atoms with Crippen LogP contribution in [0, 0.1) is 5.92 Å². The molecule has 0 aliphatic heterocycles. The number of nitrogens with one attached hydrogen (secondary N) is 1. The predicted octanol–water partition coefficient (Wildman–Crippen LogP) is 1.89. The Hall–Kier alpha value is -0.0800. The number of nitrogens with two attached hydrogens (primary N) is 1. The summed E-state index contributed by atoms with van der Waals surface area (Å²) >= 11 is 0. The molecule has 1 rings (SSSR count). The molecule has 1 fully saturated rings. The molecule has 0 bridgehead atoms. The fraction of sp³-hybridized carbons (Fsp3) is 1.00. The average molecular weight is 184 g/mol. The van der Waals surface area contributed by atoms with E-state index in [1.54, 1.807) is 0 Å². The molecule has 0 aromatic carbocycles. The minimum absolute atomic E-state index is 0.436. The minimum Gasteiger partial charge on any atom is -0.328 e. The van der Waals surface area contributed by atoms with Gasteiger partial charge in [-0.15, -0.1) is 0 Å². The van der Waals surface area contributed by atoms with Gasteiger partial charge in [-0.1, -0.05) is 20.3 Å². The van der Waals surface area contributed by atoms with Gasteiger partial charge in [0.25, 0.3) is 0 Å². The van der Waals surface area contributed by atoms with E-state index in [-0.39, 0.29) is 0 Å². The van der Waals surface area contributed by atoms with Gasteiger partial charge in [-0.25, -0.2) is 0 Å². The third-order valence-electron chi connectivity index (χ3n) is 3.21. The molecule has 1 aliphatic rings. The molecule has 13 heavy (non-hydrogen) atoms. The van der Waals surface area contributed by atoms with Crippen molar-refractivity contribution in [2.75, 3.05) is 0 Å². The molecule has 3 unspecified atom stereocenters. The Balaban J connectivity index is 2.27. The summed E-state index contributed by atoms with van der Waals surface area (Å²) in [5.41, 5.74) is 5.94. The molecular formula is C11H24N2. The van der Waals surface area contributed by atoms with Crippen LogP contribution >= 0.6 is 0 Å². The maximum Gasteiger partial charge on any atom is 0.00843 e. The van der Waals surface area contributed by atoms with Crippen molar-refractivity contribution < 1.29 is 0 Å². The highest BCUT2D eigenvalue weighted by Crippen LogP contribution is 2.18. The van der Waals surface area contributed by atoms with Crippen LogP contribution in [0.5, 0.6) is 0 Å². The Morgan fingerprint density at radius 1 is 1.23 bits per heavy atom. The maximum atomic E-state index is 5.94. The first kappa shape index (κ1) is 11.0. The summed E-state index contributed by atoms with van der Waals surface area (Å²) < 4.78 is 0. The van der Waals surface area contributed by atoms with Crippen molar-refractivity contribution in [1.82, 2.24) is 5.32 Å². The Kier molecular flexibility index (Phi) is 4.20. The summed E-state index contributed by atoms with van der Waals surface area (Å²) in [4.78, 5) is 0. The predicted molar refractivity (Wildman–Crippen MR) is 57.7 cm³/mol. The third kappa shape index (κ3) is 3.65. The van der Waals surface area contributed by atoms with Crippen LogP contribution < -0.4 is 11.1 Å². The summed E-state index contributed by atoms with van der Waals surface area (Å²) in [7, 11) is 0. The summed E-state index contributed by atoms with van der Waals surface area (Å²) in [6.45, 7) is 6.80. The van der Waals surface area contributed by atoms with Gasteiger partial charge >= 0.3 is 0 Å². The fourth-order valence-corrected chi connectivity index (χ4v) is 1.94. The van der Waals surface area contributed by atoms with Crippen molar-refractivity contribution in [3.8, 4) is 0 Å². The lowest BCUT2D eigenvalue weighted by Gasteiger charge is -2.31. The smallest absolute Gasteiger partial charge is 0.00843 e. The minimum atomic E-state index is 0.436. The second-order valence-electron chi connectivity index (χ2n) is 4.82. The number of rotatable bonds is 3. The van der Waals surface area contributed by atoms with Crippen molar-refractivity contribution in [2.24, 2.45) is 11.7 Å². The monoisotopic (exact) mass is 184 g/mol. The highest BCUT2D eigenvalue weighted by Gasteiger charge is 2.20. The molecule has 2 nitrogen and oxygen atoms in total. The molecular weight excluding hydrogens is 160 g/mol. The van der Waals surface area contributed by atoms with Gasteiger partial charge in [0.05, 0.1) is 0 Å². The van der Waals surface area contributed by atoms with Gasteiger partial charge in [0, 0.05) is 18.1 Å². The quantitative estimate of drug-likeness (QED) is 0.703. The van der Waals surface area contributed by atoms with E-state index in [1.807, 2.05) is 0 Å². The van der Waals surface area contributed by atoms with Crippen molar-refractivity contribution in [2.45, 2.75) is 64.6 Å². The second kappa shape index (κ2) is 4.97. The van der Waals surface area contributed by atoms with Gasteiger partial charge in [-0.3, -0.25) is 0 Å². The fourth-order valence-electron chi connectivity index (χ4n) is 1.94. The second-order valence-corrected chi connectivity index (χ2v) is 4.82. The van der Waals surface area contributed by atoms with E-state index in [4.69, 9.17) is 5.73 Å². The molecule has 0 aromatic heterocycles. The SMILES string of the molecule is CC(C)C(C)NC1CCCC(N)C1. The van der Waals surface area contributed by atoms with Crippen LogP contribution in [0.4, 0.5) is 0 Å². The highest BCUT2D eigenvalue weighted by atomic mass is 15.0. The average Bonchev–Trinajstić information content (AvgIpc) is 2.04. The van der Waals surface area contributed by atoms with Gasteiger partial charge in [-0.2, -0.15) is 0 Å². The Morgan fingerprint density at radius 3 is 2.46 bits per heavy atom. The van der Waals surface area contributed by atoms with E-state index in [0.717, 1.165) is 12.3 Å². The maximum absolute atomic E-state index is 5.94. The molecule has 1 aliphatic carbocycles. The summed E-state index contributed by atoms with van der Waals surface area (Å²) in [5.74, 6) is 0.721. The number of hydrogen-bond acceptors (Lipinski definition) is 2. The summed E-state index contributed by atoms with van der Waals surface area (Å²) in [6.07, 6.45) is 4.99. The summed E-state index contributed by atoms with van der Waals surface area (Å²) in [6, 6.07) is 1.72. The lowest BCUT2D eigenvalue weighted by Crippen LogP contribution is -2.44. The number of hydrogen-bond donors (Lipinski definition) is 2. The zero-order valence-electron chi connectivity index (χ0n) is 9.22. The third-order valence-corrected chi connectivity index (χ3v) is 3.21. The molecule has 3 N–H and O–H groups in total. The molecule has 0 aromatic rings. The normalized spacial score (nSPS) is 32.1. The van der Waals surface area contributed by atoms with Crippen molar-refractivity contribution >= 4 is 0 Å². The van der Waals surface area contributed by atoms with Gasteiger partial charge < -0.3 is 11.1 Å². The summed E-state index contributed by atoms with van der Waals surface area (Å²) in [5, 5.41) is 3.67. The molecule has 0 radical (unpaired) electrons. The largest absolute Gasteiger partial charge is 0.328 e. The van der Waals surface area contributed by atoms with Gasteiger partial charge in [-0.05, 0) is 32.1 Å². The van der Waals surface area contributed by atoms with Crippen LogP contribution in [-0.4, -0.2) is 18.1 Å². The lowest BCUT2D eigenvalue weighted by atomic mass is 9.90. The van der Waals surface area contributed by atoms with E-state index < -0.39 is 0 Å². The lowest BCUT2D eigenvalue weighted by molar-refractivity contribution is 0.290. The first-order valence-corrected chi connectivity index (χ1v) is 5.61. The Morgan fingerprint density at radius 2 is 1.92 bits per heavy atom. The molecule has 0 amide bonds.